The Labute approximate surface area is 254 Å². The van der Waals surface area contributed by atoms with Crippen LogP contribution in [0.15, 0.2) is 54.9 Å². The molecule has 12 nitrogen and oxygen atoms in total. The van der Waals surface area contributed by atoms with Gasteiger partial charge in [-0.2, -0.15) is 12.7 Å². The maximum absolute atomic E-state index is 15.1. The molecular formula is C30H32FN7O5S. The standard InChI is InChI=1S/C30H32FN7O5S/c1-18-7-10-21-22(11-12-24(31)26(21)36-44(41,42)37(2)20-8-9-20)27(18)43-28-23(6-3-14-32-28)25-13-15-33-29(35-25)34-19-5-4-16-38(17-19)30(39)40/h3,6-7,10-15,19-20,36H,4-5,8-9,16-17H2,1-2H3,(H,39,40)(H,33,34,35)/t19-/m0/s1. The van der Waals surface area contributed by atoms with E-state index in [-0.39, 0.29) is 23.7 Å². The van der Waals surface area contributed by atoms with E-state index in [4.69, 9.17) is 4.74 Å². The Morgan fingerprint density at radius 2 is 1.89 bits per heavy atom. The number of ether oxygens (including phenoxy) is 1. The molecule has 3 heterocycles. The number of anilines is 2. The first-order valence-electron chi connectivity index (χ1n) is 14.3. The molecule has 1 saturated heterocycles. The Morgan fingerprint density at radius 3 is 2.66 bits per heavy atom. The predicted octanol–water partition coefficient (Wildman–Crippen LogP) is 5.24. The first-order chi connectivity index (χ1) is 21.1. The van der Waals surface area contributed by atoms with Crippen molar-refractivity contribution in [1.82, 2.24) is 24.2 Å². The third-order valence-electron chi connectivity index (χ3n) is 7.90. The molecule has 2 aromatic heterocycles. The van der Waals surface area contributed by atoms with Crippen molar-refractivity contribution in [2.24, 2.45) is 0 Å². The topological polar surface area (TPSA) is 150 Å². The second-order valence-electron chi connectivity index (χ2n) is 11.0. The van der Waals surface area contributed by atoms with Gasteiger partial charge >= 0.3 is 16.3 Å². The second-order valence-corrected chi connectivity index (χ2v) is 12.7. The molecule has 1 atom stereocenters. The number of carboxylic acid groups (broad SMARTS) is 1. The number of piperidine rings is 1. The number of benzene rings is 2. The minimum absolute atomic E-state index is 0.0890. The minimum Gasteiger partial charge on any atom is -0.465 e. The number of rotatable bonds is 9. The van der Waals surface area contributed by atoms with Crippen molar-refractivity contribution in [3.8, 4) is 22.9 Å². The van der Waals surface area contributed by atoms with Crippen molar-refractivity contribution in [3.05, 3.63) is 66.2 Å². The van der Waals surface area contributed by atoms with Crippen molar-refractivity contribution in [1.29, 1.82) is 0 Å². The molecular weight excluding hydrogens is 589 g/mol. The summed E-state index contributed by atoms with van der Waals surface area (Å²) in [4.78, 5) is 26.2. The quantitative estimate of drug-likeness (QED) is 0.228. The summed E-state index contributed by atoms with van der Waals surface area (Å²) >= 11 is 0. The summed E-state index contributed by atoms with van der Waals surface area (Å²) in [5, 5.41) is 13.5. The number of fused-ring (bicyclic) bond motifs is 1. The Bertz CT molecular complexity index is 1840. The van der Waals surface area contributed by atoms with E-state index in [1.165, 1.54) is 22.3 Å². The maximum atomic E-state index is 15.1. The van der Waals surface area contributed by atoms with E-state index in [1.54, 1.807) is 48.8 Å². The largest absolute Gasteiger partial charge is 0.465 e. The summed E-state index contributed by atoms with van der Waals surface area (Å²) in [6, 6.07) is 11.2. The van der Waals surface area contributed by atoms with Crippen LogP contribution < -0.4 is 14.8 Å². The lowest BCUT2D eigenvalue weighted by Crippen LogP contribution is -2.44. The lowest BCUT2D eigenvalue weighted by atomic mass is 10.0. The minimum atomic E-state index is -3.97. The van der Waals surface area contributed by atoms with E-state index in [2.05, 4.69) is 25.0 Å². The lowest BCUT2D eigenvalue weighted by molar-refractivity contribution is 0.132. The van der Waals surface area contributed by atoms with Gasteiger partial charge in [0, 0.05) is 55.4 Å². The van der Waals surface area contributed by atoms with Crippen LogP contribution in [0.2, 0.25) is 0 Å². The van der Waals surface area contributed by atoms with E-state index in [0.29, 0.717) is 46.8 Å². The van der Waals surface area contributed by atoms with Gasteiger partial charge in [-0.15, -0.1) is 0 Å². The van der Waals surface area contributed by atoms with Crippen molar-refractivity contribution >= 4 is 38.7 Å². The monoisotopic (exact) mass is 621 g/mol. The van der Waals surface area contributed by atoms with Gasteiger partial charge in [-0.3, -0.25) is 4.72 Å². The summed E-state index contributed by atoms with van der Waals surface area (Å²) in [7, 11) is -2.49. The third kappa shape index (κ3) is 6.08. The van der Waals surface area contributed by atoms with Gasteiger partial charge in [0.05, 0.1) is 16.9 Å². The van der Waals surface area contributed by atoms with Gasteiger partial charge in [0.2, 0.25) is 11.8 Å². The summed E-state index contributed by atoms with van der Waals surface area (Å²) in [6.07, 6.45) is 5.29. The fourth-order valence-electron chi connectivity index (χ4n) is 5.33. The number of hydrogen-bond donors (Lipinski definition) is 3. The molecule has 1 amide bonds. The number of amides is 1. The summed E-state index contributed by atoms with van der Waals surface area (Å²) in [6.45, 7) is 2.67. The zero-order valence-corrected chi connectivity index (χ0v) is 25.0. The number of pyridine rings is 1. The molecule has 230 valence electrons. The van der Waals surface area contributed by atoms with Gasteiger partial charge in [-0.25, -0.2) is 24.1 Å². The molecule has 14 heteroatoms. The molecule has 2 aliphatic rings. The number of hydrogen-bond acceptors (Lipinski definition) is 8. The van der Waals surface area contributed by atoms with Crippen LogP contribution in [-0.2, 0) is 10.2 Å². The molecule has 2 aromatic carbocycles. The van der Waals surface area contributed by atoms with Crippen molar-refractivity contribution in [2.45, 2.75) is 44.7 Å². The molecule has 1 aliphatic heterocycles. The van der Waals surface area contributed by atoms with E-state index in [0.717, 1.165) is 31.2 Å². The summed E-state index contributed by atoms with van der Waals surface area (Å²) in [5.41, 5.74) is 1.67. The van der Waals surface area contributed by atoms with Crippen LogP contribution in [-0.4, -0.2) is 76.0 Å². The zero-order valence-electron chi connectivity index (χ0n) is 24.2. The molecule has 0 spiro atoms. The van der Waals surface area contributed by atoms with Gasteiger partial charge in [-0.1, -0.05) is 12.1 Å². The molecule has 6 rings (SSSR count). The van der Waals surface area contributed by atoms with Crippen molar-refractivity contribution < 1.29 is 27.4 Å². The normalized spacial score (nSPS) is 17.1. The van der Waals surface area contributed by atoms with Gasteiger partial charge in [-0.05, 0) is 68.5 Å². The van der Waals surface area contributed by atoms with Crippen molar-refractivity contribution in [3.63, 3.8) is 0 Å². The van der Waals surface area contributed by atoms with Gasteiger partial charge < -0.3 is 20.1 Å². The Kier molecular flexibility index (Phi) is 7.95. The van der Waals surface area contributed by atoms with Crippen LogP contribution in [0, 0.1) is 12.7 Å². The van der Waals surface area contributed by atoms with Gasteiger partial charge in [0.25, 0.3) is 0 Å². The highest BCUT2D eigenvalue weighted by Crippen LogP contribution is 2.40. The smallest absolute Gasteiger partial charge is 0.407 e. The fourth-order valence-corrected chi connectivity index (χ4v) is 6.54. The predicted molar refractivity (Wildman–Crippen MR) is 164 cm³/mol. The lowest BCUT2D eigenvalue weighted by Gasteiger charge is -2.31. The Morgan fingerprint density at radius 1 is 1.09 bits per heavy atom. The summed E-state index contributed by atoms with van der Waals surface area (Å²) in [5.74, 6) is 0.271. The van der Waals surface area contributed by atoms with Crippen LogP contribution in [0.5, 0.6) is 11.6 Å². The number of aryl methyl sites for hydroxylation is 1. The SMILES string of the molecule is Cc1ccc2c(NS(=O)(=O)N(C)C3CC3)c(F)ccc2c1Oc1ncccc1-c1ccnc(N[C@H]2CCCN(C(=O)O)C2)n1. The molecule has 0 unspecified atom stereocenters. The molecule has 4 aromatic rings. The van der Waals surface area contributed by atoms with E-state index in [9.17, 15) is 18.3 Å². The van der Waals surface area contributed by atoms with Crippen LogP contribution in [0.1, 0.15) is 31.2 Å². The van der Waals surface area contributed by atoms with Crippen LogP contribution >= 0.6 is 0 Å². The van der Waals surface area contributed by atoms with Crippen LogP contribution in [0.3, 0.4) is 0 Å². The zero-order chi connectivity index (χ0) is 31.0. The highest BCUT2D eigenvalue weighted by atomic mass is 32.2. The summed E-state index contributed by atoms with van der Waals surface area (Å²) < 4.78 is 51.1. The van der Waals surface area contributed by atoms with E-state index >= 15 is 4.39 Å². The average molecular weight is 622 g/mol. The molecule has 1 aliphatic carbocycles. The molecule has 0 bridgehead atoms. The highest BCUT2D eigenvalue weighted by molar-refractivity contribution is 7.90. The van der Waals surface area contributed by atoms with E-state index < -0.39 is 22.1 Å². The molecule has 1 saturated carbocycles. The van der Waals surface area contributed by atoms with Gasteiger partial charge in [0.15, 0.2) is 0 Å². The second kappa shape index (κ2) is 11.8. The molecule has 0 radical (unpaired) electrons. The third-order valence-corrected chi connectivity index (χ3v) is 9.41. The first-order valence-corrected chi connectivity index (χ1v) is 15.7. The van der Waals surface area contributed by atoms with Crippen LogP contribution in [0.4, 0.5) is 20.8 Å². The number of aromatic nitrogens is 3. The Hall–Kier alpha value is -4.56. The number of carbonyl (C=O) groups is 1. The highest BCUT2D eigenvalue weighted by Gasteiger charge is 2.35. The molecule has 3 N–H and O–H groups in total. The number of halogens is 1. The Balaban J connectivity index is 1.31. The molecule has 44 heavy (non-hydrogen) atoms. The van der Waals surface area contributed by atoms with E-state index in [1.807, 2.05) is 6.92 Å². The number of nitrogens with zero attached hydrogens (tertiary/aromatic N) is 5. The maximum Gasteiger partial charge on any atom is 0.407 e. The first kappa shape index (κ1) is 29.5. The number of nitrogens with one attached hydrogen (secondary N) is 2. The van der Waals surface area contributed by atoms with Crippen molar-refractivity contribution in [2.75, 3.05) is 30.2 Å². The molecule has 2 fully saturated rings. The van der Waals surface area contributed by atoms with Crippen LogP contribution in [0.25, 0.3) is 22.0 Å². The average Bonchev–Trinajstić information content (AvgIpc) is 3.86. The van der Waals surface area contributed by atoms with Gasteiger partial charge in [0.1, 0.15) is 11.6 Å². The fraction of sp³-hybridized carbons (Fsp3) is 0.333. The number of likely N-dealkylation sites (tertiary alicyclic amines) is 1.